The average molecular weight is 287 g/mol. The van der Waals surface area contributed by atoms with E-state index in [1.165, 1.54) is 5.39 Å². The van der Waals surface area contributed by atoms with Crippen molar-refractivity contribution in [3.05, 3.63) is 42.5 Å². The summed E-state index contributed by atoms with van der Waals surface area (Å²) < 4.78 is 11.0. The number of hydrogen-bond donors (Lipinski definition) is 1. The second kappa shape index (κ2) is 6.89. The molecule has 1 saturated heterocycles. The first-order chi connectivity index (χ1) is 10.3. The fourth-order valence-electron chi connectivity index (χ4n) is 2.58. The molecule has 21 heavy (non-hydrogen) atoms. The molecule has 0 bridgehead atoms. The Morgan fingerprint density at radius 1 is 1.10 bits per heavy atom. The van der Waals surface area contributed by atoms with E-state index < -0.39 is 6.10 Å². The lowest BCUT2D eigenvalue weighted by Gasteiger charge is -2.28. The fraction of sp³-hybridized carbons (Fsp3) is 0.412. The van der Waals surface area contributed by atoms with Crippen molar-refractivity contribution in [1.29, 1.82) is 0 Å². The third-order valence-corrected chi connectivity index (χ3v) is 3.74. The van der Waals surface area contributed by atoms with Gasteiger partial charge in [0.05, 0.1) is 13.2 Å². The highest BCUT2D eigenvalue weighted by atomic mass is 16.5. The first kappa shape index (κ1) is 14.3. The molecular weight excluding hydrogens is 266 g/mol. The van der Waals surface area contributed by atoms with Crippen LogP contribution in [0.25, 0.3) is 10.8 Å². The number of benzene rings is 2. The van der Waals surface area contributed by atoms with Crippen LogP contribution in [0.2, 0.25) is 0 Å². The highest BCUT2D eigenvalue weighted by Gasteiger charge is 2.15. The highest BCUT2D eigenvalue weighted by molar-refractivity contribution is 5.83. The van der Waals surface area contributed by atoms with E-state index in [-0.39, 0.29) is 0 Å². The van der Waals surface area contributed by atoms with Gasteiger partial charge in [-0.3, -0.25) is 4.90 Å². The van der Waals surface area contributed by atoms with Crippen LogP contribution in [0.4, 0.5) is 0 Å². The molecule has 0 aromatic heterocycles. The van der Waals surface area contributed by atoms with Crippen LogP contribution in [0.15, 0.2) is 42.5 Å². The molecule has 0 aliphatic carbocycles. The molecule has 0 spiro atoms. The molecule has 2 aromatic rings. The molecular formula is C17H21NO3. The van der Waals surface area contributed by atoms with Gasteiger partial charge in [-0.1, -0.05) is 30.3 Å². The number of hydrogen-bond acceptors (Lipinski definition) is 4. The molecule has 1 aliphatic heterocycles. The van der Waals surface area contributed by atoms with E-state index >= 15 is 0 Å². The summed E-state index contributed by atoms with van der Waals surface area (Å²) in [4.78, 5) is 2.21. The maximum absolute atomic E-state index is 10.1. The molecule has 1 fully saturated rings. The van der Waals surface area contributed by atoms with Gasteiger partial charge in [-0.15, -0.1) is 0 Å². The molecule has 4 nitrogen and oxygen atoms in total. The van der Waals surface area contributed by atoms with Crippen molar-refractivity contribution in [3.63, 3.8) is 0 Å². The number of nitrogens with zero attached hydrogens (tertiary/aromatic N) is 1. The van der Waals surface area contributed by atoms with Gasteiger partial charge in [-0.2, -0.15) is 0 Å². The van der Waals surface area contributed by atoms with E-state index in [0.717, 1.165) is 37.4 Å². The largest absolute Gasteiger partial charge is 0.491 e. The Balaban J connectivity index is 1.53. The van der Waals surface area contributed by atoms with Gasteiger partial charge in [0.25, 0.3) is 0 Å². The van der Waals surface area contributed by atoms with Crippen LogP contribution in [0.5, 0.6) is 5.75 Å². The molecule has 1 heterocycles. The van der Waals surface area contributed by atoms with Crippen molar-refractivity contribution in [2.75, 3.05) is 39.5 Å². The zero-order valence-corrected chi connectivity index (χ0v) is 12.1. The summed E-state index contributed by atoms with van der Waals surface area (Å²) in [6.45, 7) is 4.21. The van der Waals surface area contributed by atoms with E-state index in [0.29, 0.717) is 13.2 Å². The van der Waals surface area contributed by atoms with Crippen LogP contribution in [-0.4, -0.2) is 55.6 Å². The minimum atomic E-state index is -0.477. The summed E-state index contributed by atoms with van der Waals surface area (Å²) in [6, 6.07) is 14.2. The van der Waals surface area contributed by atoms with E-state index in [1.54, 1.807) is 0 Å². The summed E-state index contributed by atoms with van der Waals surface area (Å²) in [5.74, 6) is 0.801. The monoisotopic (exact) mass is 287 g/mol. The first-order valence-corrected chi connectivity index (χ1v) is 7.41. The minimum absolute atomic E-state index is 0.315. The lowest BCUT2D eigenvalue weighted by Crippen LogP contribution is -2.42. The van der Waals surface area contributed by atoms with E-state index in [9.17, 15) is 5.11 Å². The molecule has 0 saturated carbocycles. The highest BCUT2D eigenvalue weighted by Crippen LogP contribution is 2.20. The van der Waals surface area contributed by atoms with Gasteiger partial charge >= 0.3 is 0 Å². The quantitative estimate of drug-likeness (QED) is 0.912. The third-order valence-electron chi connectivity index (χ3n) is 3.74. The molecule has 4 heteroatoms. The Kier molecular flexibility index (Phi) is 4.70. The Hall–Kier alpha value is -1.62. The average Bonchev–Trinajstić information content (AvgIpc) is 2.54. The van der Waals surface area contributed by atoms with Gasteiger partial charge in [0.1, 0.15) is 18.5 Å². The standard InChI is InChI=1S/C17H21NO3/c19-16(12-18-7-9-20-10-8-18)13-21-17-6-5-14-3-1-2-4-15(14)11-17/h1-6,11,16,19H,7-10,12-13H2/t16-/m0/s1. The molecule has 112 valence electrons. The van der Waals surface area contributed by atoms with Crippen molar-refractivity contribution >= 4 is 10.8 Å². The lowest BCUT2D eigenvalue weighted by atomic mass is 10.1. The van der Waals surface area contributed by atoms with Crippen molar-refractivity contribution in [2.24, 2.45) is 0 Å². The molecule has 0 amide bonds. The van der Waals surface area contributed by atoms with Gasteiger partial charge in [-0.25, -0.2) is 0 Å². The molecule has 0 unspecified atom stereocenters. The van der Waals surface area contributed by atoms with Gasteiger partial charge < -0.3 is 14.6 Å². The Labute approximate surface area is 124 Å². The van der Waals surface area contributed by atoms with Crippen molar-refractivity contribution in [1.82, 2.24) is 4.90 Å². The normalized spacial score (nSPS) is 17.8. The molecule has 1 aliphatic rings. The Morgan fingerprint density at radius 3 is 2.67 bits per heavy atom. The summed E-state index contributed by atoms with van der Waals surface area (Å²) in [5, 5.41) is 12.4. The van der Waals surface area contributed by atoms with Crippen LogP contribution >= 0.6 is 0 Å². The fourth-order valence-corrected chi connectivity index (χ4v) is 2.58. The van der Waals surface area contributed by atoms with E-state index in [2.05, 4.69) is 17.0 Å². The second-order valence-corrected chi connectivity index (χ2v) is 5.39. The first-order valence-electron chi connectivity index (χ1n) is 7.41. The SMILES string of the molecule is O[C@H](COc1ccc2ccccc2c1)CN1CCOCC1. The number of β-amino-alcohol motifs (C(OH)–C–C–N with tert-alkyl or cyclic N) is 1. The summed E-state index contributed by atoms with van der Waals surface area (Å²) in [5.41, 5.74) is 0. The van der Waals surface area contributed by atoms with Crippen molar-refractivity contribution in [3.8, 4) is 5.75 Å². The molecule has 1 N–H and O–H groups in total. The van der Waals surface area contributed by atoms with Crippen LogP contribution < -0.4 is 4.74 Å². The van der Waals surface area contributed by atoms with E-state index in [1.807, 2.05) is 30.3 Å². The molecule has 2 aromatic carbocycles. The molecule has 3 rings (SSSR count). The summed E-state index contributed by atoms with van der Waals surface area (Å²) in [6.07, 6.45) is -0.477. The van der Waals surface area contributed by atoms with Crippen LogP contribution in [0, 0.1) is 0 Å². The summed E-state index contributed by atoms with van der Waals surface area (Å²) >= 11 is 0. The van der Waals surface area contributed by atoms with Crippen LogP contribution in [0.1, 0.15) is 0 Å². The van der Waals surface area contributed by atoms with Crippen molar-refractivity contribution in [2.45, 2.75) is 6.10 Å². The predicted octanol–water partition coefficient (Wildman–Crippen LogP) is 1.91. The van der Waals surface area contributed by atoms with Crippen LogP contribution in [0.3, 0.4) is 0 Å². The van der Waals surface area contributed by atoms with Gasteiger partial charge in [0.2, 0.25) is 0 Å². The lowest BCUT2D eigenvalue weighted by molar-refractivity contribution is 0.00467. The molecule has 1 atom stereocenters. The zero-order chi connectivity index (χ0) is 14.5. The number of aliphatic hydroxyl groups is 1. The van der Waals surface area contributed by atoms with Crippen molar-refractivity contribution < 1.29 is 14.6 Å². The van der Waals surface area contributed by atoms with Gasteiger partial charge in [0, 0.05) is 19.6 Å². The number of rotatable bonds is 5. The second-order valence-electron chi connectivity index (χ2n) is 5.39. The Morgan fingerprint density at radius 2 is 1.86 bits per heavy atom. The Bertz CT molecular complexity index is 581. The van der Waals surface area contributed by atoms with Gasteiger partial charge in [0.15, 0.2) is 0 Å². The third kappa shape index (κ3) is 3.94. The maximum Gasteiger partial charge on any atom is 0.120 e. The van der Waals surface area contributed by atoms with Gasteiger partial charge in [-0.05, 0) is 22.9 Å². The smallest absolute Gasteiger partial charge is 0.120 e. The number of ether oxygens (including phenoxy) is 2. The number of aliphatic hydroxyl groups excluding tert-OH is 1. The summed E-state index contributed by atoms with van der Waals surface area (Å²) in [7, 11) is 0. The van der Waals surface area contributed by atoms with E-state index in [4.69, 9.17) is 9.47 Å². The topological polar surface area (TPSA) is 41.9 Å². The van der Waals surface area contributed by atoms with Crippen LogP contribution in [-0.2, 0) is 4.74 Å². The molecule has 0 radical (unpaired) electrons. The minimum Gasteiger partial charge on any atom is -0.491 e. The number of fused-ring (bicyclic) bond motifs is 1. The maximum atomic E-state index is 10.1. The number of morpholine rings is 1. The zero-order valence-electron chi connectivity index (χ0n) is 12.1. The predicted molar refractivity (Wildman–Crippen MR) is 82.7 cm³/mol.